The number of amides is 1. The predicted molar refractivity (Wildman–Crippen MR) is 91.6 cm³/mol. The molecule has 1 aliphatic carbocycles. The highest BCUT2D eigenvalue weighted by Crippen LogP contribution is 2.19. The molecule has 23 heavy (non-hydrogen) atoms. The lowest BCUT2D eigenvalue weighted by Gasteiger charge is -2.22. The van der Waals surface area contributed by atoms with Crippen LogP contribution < -0.4 is 15.5 Å². The highest BCUT2D eigenvalue weighted by atomic mass is 16.1. The van der Waals surface area contributed by atoms with E-state index < -0.39 is 0 Å². The minimum Gasteiger partial charge on any atom is -0.369 e. The standard InChI is InChI=1S/C17H27N5O/c23-17(21-14-6-2-1-3-7-14)8-9-18-15-12-16(20-13-19-15)22-10-4-5-11-22/h12-14H,1-11H2,(H,21,23)(H,18,19,20). The van der Waals surface area contributed by atoms with Gasteiger partial charge in [0, 0.05) is 38.2 Å². The second-order valence-corrected chi connectivity index (χ2v) is 6.53. The Morgan fingerprint density at radius 1 is 1.13 bits per heavy atom. The Hall–Kier alpha value is -1.85. The van der Waals surface area contributed by atoms with Gasteiger partial charge in [-0.1, -0.05) is 19.3 Å². The van der Waals surface area contributed by atoms with E-state index in [0.29, 0.717) is 19.0 Å². The van der Waals surface area contributed by atoms with Crippen molar-refractivity contribution in [3.8, 4) is 0 Å². The minimum atomic E-state index is 0.137. The molecule has 0 radical (unpaired) electrons. The maximum atomic E-state index is 12.0. The zero-order valence-corrected chi connectivity index (χ0v) is 13.8. The summed E-state index contributed by atoms with van der Waals surface area (Å²) in [5.74, 6) is 1.91. The molecule has 1 amide bonds. The molecule has 6 heteroatoms. The van der Waals surface area contributed by atoms with E-state index in [4.69, 9.17) is 0 Å². The smallest absolute Gasteiger partial charge is 0.221 e. The summed E-state index contributed by atoms with van der Waals surface area (Å²) in [5.41, 5.74) is 0. The van der Waals surface area contributed by atoms with E-state index in [2.05, 4.69) is 25.5 Å². The Labute approximate surface area is 138 Å². The molecule has 6 nitrogen and oxygen atoms in total. The third-order valence-electron chi connectivity index (χ3n) is 4.71. The van der Waals surface area contributed by atoms with Crippen LogP contribution in [0.1, 0.15) is 51.4 Å². The molecule has 1 saturated carbocycles. The first-order valence-corrected chi connectivity index (χ1v) is 8.91. The number of aromatic nitrogens is 2. The van der Waals surface area contributed by atoms with Crippen LogP contribution in [0.15, 0.2) is 12.4 Å². The van der Waals surface area contributed by atoms with Gasteiger partial charge in [0.1, 0.15) is 18.0 Å². The molecule has 1 saturated heterocycles. The van der Waals surface area contributed by atoms with Gasteiger partial charge in [-0.25, -0.2) is 9.97 Å². The van der Waals surface area contributed by atoms with Crippen LogP contribution in [0.2, 0.25) is 0 Å². The molecule has 126 valence electrons. The first-order valence-electron chi connectivity index (χ1n) is 8.91. The van der Waals surface area contributed by atoms with Gasteiger partial charge in [0.25, 0.3) is 0 Å². The second kappa shape index (κ2) is 8.13. The van der Waals surface area contributed by atoms with E-state index in [1.807, 2.05) is 6.07 Å². The summed E-state index contributed by atoms with van der Waals surface area (Å²) in [7, 11) is 0. The summed E-state index contributed by atoms with van der Waals surface area (Å²) in [4.78, 5) is 22.8. The molecule has 0 atom stereocenters. The largest absolute Gasteiger partial charge is 0.369 e. The van der Waals surface area contributed by atoms with Crippen LogP contribution in [0.25, 0.3) is 0 Å². The fourth-order valence-electron chi connectivity index (χ4n) is 3.41. The highest BCUT2D eigenvalue weighted by Gasteiger charge is 2.16. The van der Waals surface area contributed by atoms with E-state index in [9.17, 15) is 4.79 Å². The van der Waals surface area contributed by atoms with Crippen molar-refractivity contribution in [3.63, 3.8) is 0 Å². The van der Waals surface area contributed by atoms with Gasteiger partial charge in [-0.15, -0.1) is 0 Å². The molecule has 0 spiro atoms. The fraction of sp³-hybridized carbons (Fsp3) is 0.706. The lowest BCUT2D eigenvalue weighted by molar-refractivity contribution is -0.121. The molecular weight excluding hydrogens is 290 g/mol. The molecule has 3 rings (SSSR count). The van der Waals surface area contributed by atoms with Gasteiger partial charge in [-0.2, -0.15) is 0 Å². The Kier molecular flexibility index (Phi) is 5.66. The maximum absolute atomic E-state index is 12.0. The number of rotatable bonds is 6. The van der Waals surface area contributed by atoms with Crippen molar-refractivity contribution >= 4 is 17.5 Å². The Balaban J connectivity index is 1.41. The van der Waals surface area contributed by atoms with Crippen LogP contribution >= 0.6 is 0 Å². The number of carbonyl (C=O) groups excluding carboxylic acids is 1. The first-order chi connectivity index (χ1) is 11.3. The van der Waals surface area contributed by atoms with Gasteiger partial charge in [0.05, 0.1) is 0 Å². The van der Waals surface area contributed by atoms with Crippen LogP contribution in [0, 0.1) is 0 Å². The lowest BCUT2D eigenvalue weighted by atomic mass is 9.95. The quantitative estimate of drug-likeness (QED) is 0.842. The van der Waals surface area contributed by atoms with Crippen LogP contribution in [-0.2, 0) is 4.79 Å². The fourth-order valence-corrected chi connectivity index (χ4v) is 3.41. The Bertz CT molecular complexity index is 509. The lowest BCUT2D eigenvalue weighted by Crippen LogP contribution is -2.36. The Morgan fingerprint density at radius 2 is 1.91 bits per heavy atom. The summed E-state index contributed by atoms with van der Waals surface area (Å²) in [5, 5.41) is 6.38. The number of nitrogens with one attached hydrogen (secondary N) is 2. The molecule has 0 aromatic carbocycles. The second-order valence-electron chi connectivity index (χ2n) is 6.53. The average Bonchev–Trinajstić information content (AvgIpc) is 3.11. The van der Waals surface area contributed by atoms with Crippen molar-refractivity contribution in [2.75, 3.05) is 29.9 Å². The third-order valence-corrected chi connectivity index (χ3v) is 4.71. The molecule has 1 aromatic rings. The first kappa shape index (κ1) is 16.0. The molecule has 2 N–H and O–H groups in total. The number of hydrogen-bond donors (Lipinski definition) is 2. The van der Waals surface area contributed by atoms with E-state index in [-0.39, 0.29) is 5.91 Å². The zero-order valence-electron chi connectivity index (χ0n) is 13.8. The van der Waals surface area contributed by atoms with Gasteiger partial charge >= 0.3 is 0 Å². The van der Waals surface area contributed by atoms with Crippen molar-refractivity contribution in [2.45, 2.75) is 57.4 Å². The minimum absolute atomic E-state index is 0.137. The molecule has 1 aromatic heterocycles. The number of nitrogens with zero attached hydrogens (tertiary/aromatic N) is 3. The monoisotopic (exact) mass is 317 g/mol. The number of anilines is 2. The summed E-state index contributed by atoms with van der Waals surface area (Å²) in [6.07, 6.45) is 10.6. The van der Waals surface area contributed by atoms with Crippen molar-refractivity contribution in [1.29, 1.82) is 0 Å². The summed E-state index contributed by atoms with van der Waals surface area (Å²) in [6.45, 7) is 2.75. The topological polar surface area (TPSA) is 70.2 Å². The summed E-state index contributed by atoms with van der Waals surface area (Å²) < 4.78 is 0. The van der Waals surface area contributed by atoms with Crippen molar-refractivity contribution < 1.29 is 4.79 Å². The normalized spacial score (nSPS) is 18.9. The SMILES string of the molecule is O=C(CCNc1cc(N2CCCC2)ncn1)NC1CCCCC1. The summed E-state index contributed by atoms with van der Waals surface area (Å²) in [6, 6.07) is 2.36. The predicted octanol–water partition coefficient (Wildman–Crippen LogP) is 2.33. The van der Waals surface area contributed by atoms with Crippen LogP contribution in [-0.4, -0.2) is 41.6 Å². The van der Waals surface area contributed by atoms with E-state index in [0.717, 1.165) is 37.6 Å². The molecule has 2 aliphatic rings. The van der Waals surface area contributed by atoms with Crippen molar-refractivity contribution in [1.82, 2.24) is 15.3 Å². The van der Waals surface area contributed by atoms with Crippen LogP contribution in [0.3, 0.4) is 0 Å². The number of carbonyl (C=O) groups is 1. The summed E-state index contributed by atoms with van der Waals surface area (Å²) >= 11 is 0. The van der Waals surface area contributed by atoms with Gasteiger partial charge in [-0.05, 0) is 25.7 Å². The Morgan fingerprint density at radius 3 is 2.70 bits per heavy atom. The van der Waals surface area contributed by atoms with Crippen LogP contribution in [0.5, 0.6) is 0 Å². The number of hydrogen-bond acceptors (Lipinski definition) is 5. The van der Waals surface area contributed by atoms with Crippen molar-refractivity contribution in [3.05, 3.63) is 12.4 Å². The molecule has 0 unspecified atom stereocenters. The third kappa shape index (κ3) is 4.81. The zero-order chi connectivity index (χ0) is 15.9. The van der Waals surface area contributed by atoms with Crippen LogP contribution in [0.4, 0.5) is 11.6 Å². The van der Waals surface area contributed by atoms with E-state index in [1.165, 1.54) is 32.1 Å². The van der Waals surface area contributed by atoms with Gasteiger partial charge in [-0.3, -0.25) is 4.79 Å². The van der Waals surface area contributed by atoms with Crippen molar-refractivity contribution in [2.24, 2.45) is 0 Å². The van der Waals surface area contributed by atoms with Gasteiger partial charge in [0.2, 0.25) is 5.91 Å². The molecular formula is C17H27N5O. The molecule has 1 aliphatic heterocycles. The highest BCUT2D eigenvalue weighted by molar-refractivity contribution is 5.76. The average molecular weight is 317 g/mol. The molecule has 2 heterocycles. The van der Waals surface area contributed by atoms with E-state index >= 15 is 0 Å². The molecule has 0 bridgehead atoms. The maximum Gasteiger partial charge on any atom is 0.221 e. The van der Waals surface area contributed by atoms with E-state index in [1.54, 1.807) is 6.33 Å². The van der Waals surface area contributed by atoms with Gasteiger partial charge in [0.15, 0.2) is 0 Å². The van der Waals surface area contributed by atoms with Gasteiger partial charge < -0.3 is 15.5 Å². The molecule has 2 fully saturated rings.